The summed E-state index contributed by atoms with van der Waals surface area (Å²) in [4.78, 5) is 27.6. The van der Waals surface area contributed by atoms with Crippen LogP contribution >= 0.6 is 0 Å². The van der Waals surface area contributed by atoms with Gasteiger partial charge in [0.25, 0.3) is 11.7 Å². The van der Waals surface area contributed by atoms with Crippen LogP contribution in [0, 0.1) is 6.92 Å². The van der Waals surface area contributed by atoms with Gasteiger partial charge in [0, 0.05) is 12.1 Å². The van der Waals surface area contributed by atoms with Crippen molar-refractivity contribution < 1.29 is 19.4 Å². The Bertz CT molecular complexity index is 991. The first-order chi connectivity index (χ1) is 14.9. The number of ketones is 1. The van der Waals surface area contributed by atoms with Crippen LogP contribution in [-0.2, 0) is 16.0 Å². The molecule has 1 N–H and O–H groups in total. The smallest absolute Gasteiger partial charge is 0.295 e. The zero-order valence-corrected chi connectivity index (χ0v) is 18.8. The Morgan fingerprint density at radius 1 is 1.06 bits per heavy atom. The van der Waals surface area contributed by atoms with Crippen LogP contribution in [0.4, 0.5) is 0 Å². The lowest BCUT2D eigenvalue weighted by molar-refractivity contribution is -0.139. The number of unbranched alkanes of at least 4 members (excludes halogenated alkanes) is 2. The van der Waals surface area contributed by atoms with Gasteiger partial charge in [-0.1, -0.05) is 51.0 Å². The fourth-order valence-electron chi connectivity index (χ4n) is 4.10. The van der Waals surface area contributed by atoms with Gasteiger partial charge in [-0.3, -0.25) is 9.59 Å². The Labute approximate surface area is 184 Å². The van der Waals surface area contributed by atoms with Gasteiger partial charge < -0.3 is 14.7 Å². The molecule has 0 saturated carbocycles. The van der Waals surface area contributed by atoms with Gasteiger partial charge in [-0.2, -0.15) is 0 Å². The fraction of sp³-hybridized carbons (Fsp3) is 0.385. The van der Waals surface area contributed by atoms with Crippen LogP contribution < -0.4 is 4.74 Å². The number of benzene rings is 2. The first-order valence-electron chi connectivity index (χ1n) is 10.9. The second-order valence-electron chi connectivity index (χ2n) is 7.98. The summed E-state index contributed by atoms with van der Waals surface area (Å²) in [6.45, 7) is 6.51. The Hall–Kier alpha value is -3.08. The Morgan fingerprint density at radius 3 is 2.35 bits per heavy atom. The monoisotopic (exact) mass is 421 g/mol. The van der Waals surface area contributed by atoms with Gasteiger partial charge in [0.05, 0.1) is 18.7 Å². The number of aliphatic hydroxyl groups excluding tert-OH is 1. The van der Waals surface area contributed by atoms with E-state index in [1.807, 2.05) is 31.2 Å². The Balaban J connectivity index is 2.13. The third kappa shape index (κ3) is 4.50. The van der Waals surface area contributed by atoms with Crippen molar-refractivity contribution in [2.24, 2.45) is 0 Å². The van der Waals surface area contributed by atoms with Gasteiger partial charge in [-0.15, -0.1) is 0 Å². The Morgan fingerprint density at radius 2 is 1.77 bits per heavy atom. The van der Waals surface area contributed by atoms with Crippen LogP contribution in [0.5, 0.6) is 5.75 Å². The number of nitrogens with zero attached hydrogens (tertiary/aromatic N) is 1. The number of hydrogen-bond acceptors (Lipinski definition) is 4. The molecule has 0 spiro atoms. The van der Waals surface area contributed by atoms with E-state index in [1.54, 1.807) is 30.2 Å². The van der Waals surface area contributed by atoms with Gasteiger partial charge in [0.1, 0.15) is 11.5 Å². The summed E-state index contributed by atoms with van der Waals surface area (Å²) in [5.41, 5.74) is 3.47. The van der Waals surface area contributed by atoms with E-state index in [-0.39, 0.29) is 11.3 Å². The zero-order chi connectivity index (χ0) is 22.5. The molecule has 0 aromatic heterocycles. The maximum absolute atomic E-state index is 13.1. The van der Waals surface area contributed by atoms with Crippen molar-refractivity contribution in [2.75, 3.05) is 13.7 Å². The number of hydrogen-bond donors (Lipinski definition) is 1. The summed E-state index contributed by atoms with van der Waals surface area (Å²) >= 11 is 0. The number of aliphatic hydroxyl groups is 1. The van der Waals surface area contributed by atoms with Crippen LogP contribution in [-0.4, -0.2) is 35.4 Å². The number of amides is 1. The average Bonchev–Trinajstić information content (AvgIpc) is 3.03. The molecule has 1 heterocycles. The molecule has 0 bridgehead atoms. The first-order valence-corrected chi connectivity index (χ1v) is 10.9. The van der Waals surface area contributed by atoms with Crippen molar-refractivity contribution in [1.29, 1.82) is 0 Å². The number of rotatable bonds is 8. The molecule has 1 fully saturated rings. The average molecular weight is 422 g/mol. The molecule has 1 aliphatic heterocycles. The molecule has 5 heteroatoms. The molecular formula is C26H31NO4. The third-order valence-electron chi connectivity index (χ3n) is 5.93. The highest BCUT2D eigenvalue weighted by atomic mass is 16.5. The van der Waals surface area contributed by atoms with Crippen LogP contribution in [0.25, 0.3) is 5.76 Å². The topological polar surface area (TPSA) is 66.8 Å². The van der Waals surface area contributed by atoms with E-state index < -0.39 is 17.7 Å². The molecule has 1 unspecified atom stereocenters. The van der Waals surface area contributed by atoms with E-state index in [0.717, 1.165) is 36.8 Å². The van der Waals surface area contributed by atoms with Crippen LogP contribution in [0.1, 0.15) is 61.4 Å². The number of ether oxygens (including phenoxy) is 1. The lowest BCUT2D eigenvalue weighted by Gasteiger charge is -2.25. The molecule has 1 aliphatic rings. The Kier molecular flexibility index (Phi) is 7.16. The van der Waals surface area contributed by atoms with Crippen molar-refractivity contribution >= 4 is 17.4 Å². The minimum absolute atomic E-state index is 0.138. The molecule has 31 heavy (non-hydrogen) atoms. The molecule has 2 aromatic rings. The van der Waals surface area contributed by atoms with E-state index in [4.69, 9.17) is 4.74 Å². The van der Waals surface area contributed by atoms with E-state index in [1.165, 1.54) is 5.56 Å². The van der Waals surface area contributed by atoms with E-state index >= 15 is 0 Å². The second kappa shape index (κ2) is 9.82. The molecule has 164 valence electrons. The number of carbonyl (C=O) groups excluding carboxylic acids is 2. The molecule has 0 aliphatic carbocycles. The maximum atomic E-state index is 13.1. The van der Waals surface area contributed by atoms with Gasteiger partial charge in [0.15, 0.2) is 0 Å². The zero-order valence-electron chi connectivity index (χ0n) is 18.8. The third-order valence-corrected chi connectivity index (χ3v) is 5.93. The van der Waals surface area contributed by atoms with Gasteiger partial charge in [-0.05, 0) is 54.7 Å². The fourth-order valence-corrected chi connectivity index (χ4v) is 4.10. The quantitative estimate of drug-likeness (QED) is 0.276. The highest BCUT2D eigenvalue weighted by Gasteiger charge is 2.45. The van der Waals surface area contributed by atoms with Crippen LogP contribution in [0.15, 0.2) is 48.0 Å². The summed E-state index contributed by atoms with van der Waals surface area (Å²) in [6.07, 6.45) is 3.71. The number of carbonyl (C=O) groups is 2. The van der Waals surface area contributed by atoms with Crippen molar-refractivity contribution in [2.45, 2.75) is 52.5 Å². The molecule has 5 nitrogen and oxygen atoms in total. The van der Waals surface area contributed by atoms with Gasteiger partial charge >= 0.3 is 0 Å². The number of likely N-dealkylation sites (tertiary alicyclic amines) is 1. The standard InChI is InChI=1S/C26H31NO4/c1-5-7-8-15-27-23(19-11-9-18(6-2)10-12-19)22(25(29)26(27)30)24(28)21-14-13-20(31-4)16-17(21)3/h9-14,16,23,28H,5-8,15H2,1-4H3/b24-22-. The van der Waals surface area contributed by atoms with Crippen molar-refractivity contribution in [3.63, 3.8) is 0 Å². The lowest BCUT2D eigenvalue weighted by atomic mass is 9.93. The molecule has 1 saturated heterocycles. The minimum atomic E-state index is -0.631. The number of aryl methyl sites for hydroxylation is 2. The normalized spacial score (nSPS) is 17.9. The molecular weight excluding hydrogens is 390 g/mol. The summed E-state index contributed by atoms with van der Waals surface area (Å²) < 4.78 is 5.25. The molecule has 2 aromatic carbocycles. The van der Waals surface area contributed by atoms with E-state index in [2.05, 4.69) is 13.8 Å². The largest absolute Gasteiger partial charge is 0.507 e. The number of Topliss-reactive ketones (excluding diaryl/α,β-unsaturated/α-hetero) is 1. The summed E-state index contributed by atoms with van der Waals surface area (Å²) in [5.74, 6) is -0.649. The highest BCUT2D eigenvalue weighted by Crippen LogP contribution is 2.40. The predicted octanol–water partition coefficient (Wildman–Crippen LogP) is 5.18. The van der Waals surface area contributed by atoms with E-state index in [0.29, 0.717) is 17.9 Å². The van der Waals surface area contributed by atoms with Crippen molar-refractivity contribution in [1.82, 2.24) is 4.90 Å². The maximum Gasteiger partial charge on any atom is 0.295 e. The molecule has 1 atom stereocenters. The molecule has 1 amide bonds. The van der Waals surface area contributed by atoms with E-state index in [9.17, 15) is 14.7 Å². The van der Waals surface area contributed by atoms with Gasteiger partial charge in [-0.25, -0.2) is 0 Å². The molecule has 0 radical (unpaired) electrons. The van der Waals surface area contributed by atoms with Crippen molar-refractivity contribution in [3.8, 4) is 5.75 Å². The van der Waals surface area contributed by atoms with Crippen LogP contribution in [0.3, 0.4) is 0 Å². The summed E-state index contributed by atoms with van der Waals surface area (Å²) in [7, 11) is 1.58. The summed E-state index contributed by atoms with van der Waals surface area (Å²) in [5, 5.41) is 11.2. The second-order valence-corrected chi connectivity index (χ2v) is 7.98. The first kappa shape index (κ1) is 22.6. The highest BCUT2D eigenvalue weighted by molar-refractivity contribution is 6.46. The number of methoxy groups -OCH3 is 1. The van der Waals surface area contributed by atoms with Gasteiger partial charge in [0.2, 0.25) is 0 Å². The SMILES string of the molecule is CCCCCN1C(=O)C(=O)/C(=C(\O)c2ccc(OC)cc2C)C1c1ccc(CC)cc1. The molecule has 3 rings (SSSR count). The summed E-state index contributed by atoms with van der Waals surface area (Å²) in [6, 6.07) is 12.6. The van der Waals surface area contributed by atoms with Crippen LogP contribution in [0.2, 0.25) is 0 Å². The van der Waals surface area contributed by atoms with Crippen molar-refractivity contribution in [3.05, 3.63) is 70.3 Å². The lowest BCUT2D eigenvalue weighted by Crippen LogP contribution is -2.30. The minimum Gasteiger partial charge on any atom is -0.507 e. The predicted molar refractivity (Wildman–Crippen MR) is 122 cm³/mol.